The first kappa shape index (κ1) is 21.1. The second-order valence-electron chi connectivity index (χ2n) is 6.47. The number of nitrogens with one attached hydrogen (secondary N) is 1. The van der Waals surface area contributed by atoms with E-state index in [1.54, 1.807) is 36.0 Å². The number of hydrogen-bond acceptors (Lipinski definition) is 7. The Kier molecular flexibility index (Phi) is 6.87. The van der Waals surface area contributed by atoms with Crippen molar-refractivity contribution in [2.75, 3.05) is 0 Å². The first-order valence-corrected chi connectivity index (χ1v) is 10.0. The highest BCUT2D eigenvalue weighted by molar-refractivity contribution is 7.98. The highest BCUT2D eigenvalue weighted by Gasteiger charge is 2.06. The Morgan fingerprint density at radius 1 is 1.10 bits per heavy atom. The fourth-order valence-electron chi connectivity index (χ4n) is 2.57. The van der Waals surface area contributed by atoms with Crippen molar-refractivity contribution in [3.8, 4) is 0 Å². The van der Waals surface area contributed by atoms with E-state index in [0.717, 1.165) is 22.1 Å². The van der Waals surface area contributed by atoms with Crippen LogP contribution in [0.25, 0.3) is 0 Å². The van der Waals surface area contributed by atoms with Crippen LogP contribution < -0.4 is 5.43 Å². The number of rotatable bonds is 7. The second kappa shape index (κ2) is 9.75. The molecule has 0 saturated carbocycles. The number of hydrogen-bond donors (Lipinski definition) is 1. The zero-order valence-electron chi connectivity index (χ0n) is 16.4. The van der Waals surface area contributed by atoms with Crippen molar-refractivity contribution in [3.05, 3.63) is 92.8 Å². The van der Waals surface area contributed by atoms with E-state index in [4.69, 9.17) is 0 Å². The minimum atomic E-state index is -0.472. The predicted octanol–water partition coefficient (Wildman–Crippen LogP) is 4.06. The Balaban J connectivity index is 1.53. The normalized spacial score (nSPS) is 10.9. The molecule has 30 heavy (non-hydrogen) atoms. The lowest BCUT2D eigenvalue weighted by atomic mass is 10.1. The largest absolute Gasteiger partial charge is 0.271 e. The Labute approximate surface area is 177 Å². The van der Waals surface area contributed by atoms with Crippen molar-refractivity contribution in [1.29, 1.82) is 0 Å². The van der Waals surface area contributed by atoms with Crippen LogP contribution >= 0.6 is 11.8 Å². The van der Waals surface area contributed by atoms with Gasteiger partial charge in [-0.25, -0.2) is 15.4 Å². The van der Waals surface area contributed by atoms with Crippen LogP contribution in [-0.2, 0) is 5.75 Å². The van der Waals surface area contributed by atoms with Gasteiger partial charge in [-0.1, -0.05) is 23.9 Å². The lowest BCUT2D eigenvalue weighted by Gasteiger charge is -2.05. The van der Waals surface area contributed by atoms with Crippen molar-refractivity contribution in [3.63, 3.8) is 0 Å². The molecular formula is C21H19N5O3S. The van der Waals surface area contributed by atoms with Crippen LogP contribution in [-0.4, -0.2) is 27.0 Å². The summed E-state index contributed by atoms with van der Waals surface area (Å²) in [6.07, 6.45) is 1.43. The van der Waals surface area contributed by atoms with E-state index in [-0.39, 0.29) is 11.6 Å². The van der Waals surface area contributed by atoms with Crippen molar-refractivity contribution in [2.24, 2.45) is 5.10 Å². The molecule has 0 aliphatic heterocycles. The number of carbonyl (C=O) groups excluding carboxylic acids is 1. The number of nitro groups is 1. The van der Waals surface area contributed by atoms with E-state index < -0.39 is 4.92 Å². The fourth-order valence-corrected chi connectivity index (χ4v) is 3.48. The number of aryl methyl sites for hydroxylation is 2. The maximum atomic E-state index is 12.2. The van der Waals surface area contributed by atoms with Crippen LogP contribution in [0.1, 0.15) is 32.9 Å². The third-order valence-electron chi connectivity index (χ3n) is 4.03. The fraction of sp³-hybridized carbons (Fsp3) is 0.143. The number of benzene rings is 2. The number of hydrazone groups is 1. The molecule has 1 amide bonds. The van der Waals surface area contributed by atoms with Gasteiger partial charge < -0.3 is 0 Å². The molecule has 0 aliphatic carbocycles. The van der Waals surface area contributed by atoms with Crippen LogP contribution in [0.5, 0.6) is 0 Å². The molecule has 0 bridgehead atoms. The average molecular weight is 421 g/mol. The average Bonchev–Trinajstić information content (AvgIpc) is 2.72. The SMILES string of the molecule is Cc1cc(C)nc(SCc2ccc(C(=O)N/N=C/c3ccc([N+](=O)[O-])cc3)cc2)n1. The van der Waals surface area contributed by atoms with Crippen LogP contribution in [0.4, 0.5) is 5.69 Å². The first-order valence-electron chi connectivity index (χ1n) is 9.02. The number of amides is 1. The Hall–Kier alpha value is -3.59. The number of carbonyl (C=O) groups is 1. The van der Waals surface area contributed by atoms with Gasteiger partial charge >= 0.3 is 0 Å². The van der Waals surface area contributed by atoms with Crippen LogP contribution in [0.15, 0.2) is 64.9 Å². The van der Waals surface area contributed by atoms with E-state index >= 15 is 0 Å². The molecule has 0 saturated heterocycles. The maximum Gasteiger partial charge on any atom is 0.271 e. The molecule has 1 heterocycles. The van der Waals surface area contributed by atoms with Crippen molar-refractivity contribution in [1.82, 2.24) is 15.4 Å². The molecule has 3 rings (SSSR count). The Morgan fingerprint density at radius 2 is 1.73 bits per heavy atom. The highest BCUT2D eigenvalue weighted by atomic mass is 32.2. The topological polar surface area (TPSA) is 110 Å². The molecule has 0 spiro atoms. The Morgan fingerprint density at radius 3 is 2.33 bits per heavy atom. The molecule has 1 N–H and O–H groups in total. The van der Waals surface area contributed by atoms with Crippen molar-refractivity contribution < 1.29 is 9.72 Å². The zero-order valence-corrected chi connectivity index (χ0v) is 17.2. The van der Waals surface area contributed by atoms with E-state index in [1.807, 2.05) is 32.0 Å². The Bertz CT molecular complexity index is 1060. The molecule has 1 aromatic heterocycles. The van der Waals surface area contributed by atoms with E-state index in [0.29, 0.717) is 16.9 Å². The van der Waals surface area contributed by atoms with Gasteiger partial charge in [-0.15, -0.1) is 0 Å². The lowest BCUT2D eigenvalue weighted by Crippen LogP contribution is -2.17. The molecule has 0 atom stereocenters. The van der Waals surface area contributed by atoms with Crippen molar-refractivity contribution >= 4 is 29.6 Å². The molecule has 0 radical (unpaired) electrons. The molecule has 0 aliphatic rings. The summed E-state index contributed by atoms with van der Waals surface area (Å²) in [7, 11) is 0. The summed E-state index contributed by atoms with van der Waals surface area (Å²) in [5, 5.41) is 15.3. The number of non-ortho nitro benzene ring substituents is 1. The van der Waals surface area contributed by atoms with E-state index in [2.05, 4.69) is 20.5 Å². The molecule has 2 aromatic carbocycles. The molecule has 8 nitrogen and oxygen atoms in total. The first-order chi connectivity index (χ1) is 14.4. The van der Waals surface area contributed by atoms with Crippen LogP contribution in [0, 0.1) is 24.0 Å². The van der Waals surface area contributed by atoms with E-state index in [1.165, 1.54) is 18.3 Å². The van der Waals surface area contributed by atoms with Gasteiger partial charge in [0.1, 0.15) is 0 Å². The zero-order chi connectivity index (χ0) is 21.5. The summed E-state index contributed by atoms with van der Waals surface area (Å²) in [5.74, 6) is 0.355. The van der Waals surface area contributed by atoms with Gasteiger partial charge in [0.05, 0.1) is 11.1 Å². The quantitative estimate of drug-likeness (QED) is 0.202. The summed E-state index contributed by atoms with van der Waals surface area (Å²) in [6, 6.07) is 15.0. The second-order valence-corrected chi connectivity index (χ2v) is 7.41. The summed E-state index contributed by atoms with van der Waals surface area (Å²) >= 11 is 1.54. The molecule has 152 valence electrons. The highest BCUT2D eigenvalue weighted by Crippen LogP contribution is 2.20. The monoisotopic (exact) mass is 421 g/mol. The molecular weight excluding hydrogens is 402 g/mol. The van der Waals surface area contributed by atoms with E-state index in [9.17, 15) is 14.9 Å². The van der Waals surface area contributed by atoms with Gasteiger partial charge in [0.15, 0.2) is 5.16 Å². The summed E-state index contributed by atoms with van der Waals surface area (Å²) in [5.41, 5.74) is 6.49. The minimum Gasteiger partial charge on any atom is -0.267 e. The molecule has 3 aromatic rings. The van der Waals surface area contributed by atoms with Crippen LogP contribution in [0.2, 0.25) is 0 Å². The lowest BCUT2D eigenvalue weighted by molar-refractivity contribution is -0.384. The third kappa shape index (κ3) is 5.95. The summed E-state index contributed by atoms with van der Waals surface area (Å²) < 4.78 is 0. The number of thioether (sulfide) groups is 1. The molecule has 0 fully saturated rings. The van der Waals surface area contributed by atoms with Gasteiger partial charge in [0.25, 0.3) is 11.6 Å². The number of aromatic nitrogens is 2. The summed E-state index contributed by atoms with van der Waals surface area (Å²) in [4.78, 5) is 31.2. The summed E-state index contributed by atoms with van der Waals surface area (Å²) in [6.45, 7) is 3.88. The van der Waals surface area contributed by atoms with Crippen molar-refractivity contribution in [2.45, 2.75) is 24.8 Å². The standard InChI is InChI=1S/C21H19N5O3S/c1-14-11-15(2)24-21(23-14)30-13-17-3-7-18(8-4-17)20(27)25-22-12-16-5-9-19(10-6-16)26(28)29/h3-12H,13H2,1-2H3,(H,25,27)/b22-12+. The maximum absolute atomic E-state index is 12.2. The van der Waals surface area contributed by atoms with Gasteiger partial charge in [-0.05, 0) is 55.3 Å². The minimum absolute atomic E-state index is 0.00136. The van der Waals surface area contributed by atoms with Gasteiger partial charge in [0, 0.05) is 34.8 Å². The number of nitrogens with zero attached hydrogens (tertiary/aromatic N) is 4. The van der Waals surface area contributed by atoms with Gasteiger partial charge in [-0.2, -0.15) is 5.10 Å². The number of nitro benzene ring substituents is 1. The smallest absolute Gasteiger partial charge is 0.267 e. The predicted molar refractivity (Wildman–Crippen MR) is 116 cm³/mol. The van der Waals surface area contributed by atoms with Gasteiger partial charge in [0.2, 0.25) is 0 Å². The molecule has 9 heteroatoms. The van der Waals surface area contributed by atoms with Gasteiger partial charge in [-0.3, -0.25) is 14.9 Å². The third-order valence-corrected chi connectivity index (χ3v) is 4.95. The van der Waals surface area contributed by atoms with Crippen LogP contribution in [0.3, 0.4) is 0 Å². The molecule has 0 unspecified atom stereocenters.